The number of nitrogens with zero attached hydrogens (tertiary/aromatic N) is 2. The van der Waals surface area contributed by atoms with E-state index in [1.54, 1.807) is 13.1 Å². The Morgan fingerprint density at radius 3 is 2.53 bits per heavy atom. The number of aliphatic hydroxyl groups excluding tert-OH is 1. The van der Waals surface area contributed by atoms with Crippen molar-refractivity contribution >= 4 is 11.3 Å². The van der Waals surface area contributed by atoms with Crippen molar-refractivity contribution in [2.75, 3.05) is 5.32 Å². The van der Waals surface area contributed by atoms with E-state index in [1.165, 1.54) is 0 Å². The summed E-state index contributed by atoms with van der Waals surface area (Å²) >= 11 is 0. The van der Waals surface area contributed by atoms with Gasteiger partial charge in [0.2, 0.25) is 0 Å². The third-order valence-corrected chi connectivity index (χ3v) is 5.32. The second-order valence-corrected chi connectivity index (χ2v) is 7.55. The molecule has 156 valence electrons. The van der Waals surface area contributed by atoms with Crippen molar-refractivity contribution in [3.63, 3.8) is 0 Å². The van der Waals surface area contributed by atoms with E-state index in [0.717, 1.165) is 45.8 Å². The number of rotatable bonds is 7. The van der Waals surface area contributed by atoms with Crippen LogP contribution in [-0.4, -0.2) is 15.1 Å². The first-order valence-corrected chi connectivity index (χ1v) is 10.3. The van der Waals surface area contributed by atoms with Gasteiger partial charge in [0, 0.05) is 23.8 Å². The van der Waals surface area contributed by atoms with Crippen molar-refractivity contribution < 1.29 is 5.11 Å². The van der Waals surface area contributed by atoms with Gasteiger partial charge in [0.15, 0.2) is 0 Å². The summed E-state index contributed by atoms with van der Waals surface area (Å²) in [5.41, 5.74) is 13.3. The van der Waals surface area contributed by atoms with Crippen molar-refractivity contribution in [2.24, 2.45) is 5.73 Å². The van der Waals surface area contributed by atoms with Gasteiger partial charge in [-0.3, -0.25) is 9.97 Å². The van der Waals surface area contributed by atoms with E-state index in [1.807, 2.05) is 62.5 Å². The van der Waals surface area contributed by atoms with E-state index in [9.17, 15) is 5.11 Å². The Bertz CT molecular complexity index is 1010. The molecule has 0 amide bonds. The third-order valence-electron chi connectivity index (χ3n) is 5.32. The largest absolute Gasteiger partial charge is 0.512 e. The van der Waals surface area contributed by atoms with Crippen LogP contribution in [0.2, 0.25) is 0 Å². The fraction of sp³-hybridized carbons (Fsp3) is 0.280. The first-order valence-electron chi connectivity index (χ1n) is 10.3. The fourth-order valence-electron chi connectivity index (χ4n) is 3.59. The Labute approximate surface area is 178 Å². The summed E-state index contributed by atoms with van der Waals surface area (Å²) in [6, 6.07) is 15.7. The van der Waals surface area contributed by atoms with Crippen molar-refractivity contribution in [1.29, 1.82) is 0 Å². The monoisotopic (exact) mass is 402 g/mol. The highest BCUT2D eigenvalue weighted by Gasteiger charge is 2.18. The number of aromatic nitrogens is 2. The normalized spacial score (nSPS) is 14.0. The summed E-state index contributed by atoms with van der Waals surface area (Å²) in [6.07, 6.45) is 4.36. The van der Waals surface area contributed by atoms with Gasteiger partial charge < -0.3 is 16.2 Å². The molecule has 0 radical (unpaired) electrons. The van der Waals surface area contributed by atoms with E-state index in [4.69, 9.17) is 5.73 Å². The van der Waals surface area contributed by atoms with Gasteiger partial charge in [-0.15, -0.1) is 0 Å². The summed E-state index contributed by atoms with van der Waals surface area (Å²) in [6.45, 7) is 7.80. The molecular formula is C25H30N4O. The average Bonchev–Trinajstić information content (AvgIpc) is 2.75. The molecule has 0 fully saturated rings. The van der Waals surface area contributed by atoms with E-state index < -0.39 is 0 Å². The Kier molecular flexibility index (Phi) is 6.85. The quantitative estimate of drug-likeness (QED) is 0.441. The number of nitrogens with one attached hydrogen (secondary N) is 1. The maximum Gasteiger partial charge on any atom is 0.0929 e. The number of allylic oxidation sites excluding steroid dienone is 2. The highest BCUT2D eigenvalue weighted by molar-refractivity contribution is 5.72. The van der Waals surface area contributed by atoms with Crippen molar-refractivity contribution in [3.8, 4) is 0 Å². The molecule has 0 bridgehead atoms. The number of anilines is 1. The zero-order valence-corrected chi connectivity index (χ0v) is 18.1. The van der Waals surface area contributed by atoms with Crippen LogP contribution in [0.3, 0.4) is 0 Å². The topological polar surface area (TPSA) is 84.1 Å². The van der Waals surface area contributed by atoms with Gasteiger partial charge in [-0.25, -0.2) is 0 Å². The smallest absolute Gasteiger partial charge is 0.0929 e. The summed E-state index contributed by atoms with van der Waals surface area (Å²) in [4.78, 5) is 8.86. The molecule has 1 aromatic carbocycles. The lowest BCUT2D eigenvalue weighted by atomic mass is 9.94. The molecule has 0 aliphatic heterocycles. The maximum absolute atomic E-state index is 10.1. The number of pyridine rings is 2. The molecule has 5 heteroatoms. The Balaban J connectivity index is 2.04. The number of benzene rings is 1. The molecule has 2 heterocycles. The highest BCUT2D eigenvalue weighted by Crippen LogP contribution is 2.33. The number of nitrogens with two attached hydrogens (primary N) is 1. The second kappa shape index (κ2) is 9.55. The predicted molar refractivity (Wildman–Crippen MR) is 123 cm³/mol. The van der Waals surface area contributed by atoms with Gasteiger partial charge in [-0.2, -0.15) is 0 Å². The van der Waals surface area contributed by atoms with E-state index in [0.29, 0.717) is 5.76 Å². The molecule has 0 aliphatic rings. The predicted octanol–water partition coefficient (Wildman–Crippen LogP) is 5.71. The van der Waals surface area contributed by atoms with Crippen molar-refractivity contribution in [3.05, 3.63) is 94.8 Å². The Morgan fingerprint density at radius 2 is 1.93 bits per heavy atom. The van der Waals surface area contributed by atoms with Gasteiger partial charge in [-0.05, 0) is 73.7 Å². The fourth-order valence-corrected chi connectivity index (χ4v) is 3.59. The molecule has 3 aromatic rings. The molecule has 2 aromatic heterocycles. The van der Waals surface area contributed by atoms with Crippen LogP contribution in [0.5, 0.6) is 0 Å². The molecule has 0 aliphatic carbocycles. The van der Waals surface area contributed by atoms with Gasteiger partial charge in [0.05, 0.1) is 23.5 Å². The third kappa shape index (κ3) is 4.86. The molecule has 0 saturated carbocycles. The highest BCUT2D eigenvalue weighted by atomic mass is 16.3. The molecule has 30 heavy (non-hydrogen) atoms. The lowest BCUT2D eigenvalue weighted by Gasteiger charge is -2.23. The number of aliphatic hydroxyl groups is 1. The van der Waals surface area contributed by atoms with Crippen molar-refractivity contribution in [1.82, 2.24) is 9.97 Å². The molecule has 0 spiro atoms. The zero-order chi connectivity index (χ0) is 21.7. The molecule has 2 atom stereocenters. The Morgan fingerprint density at radius 1 is 1.13 bits per heavy atom. The van der Waals surface area contributed by atoms with Crippen LogP contribution in [-0.2, 0) is 0 Å². The van der Waals surface area contributed by atoms with Crippen LogP contribution in [0.25, 0.3) is 5.57 Å². The van der Waals surface area contributed by atoms with Crippen molar-refractivity contribution in [2.45, 2.75) is 46.2 Å². The molecular weight excluding hydrogens is 372 g/mol. The lowest BCUT2D eigenvalue weighted by Crippen LogP contribution is -2.17. The molecule has 3 rings (SSSR count). The van der Waals surface area contributed by atoms with Gasteiger partial charge >= 0.3 is 0 Å². The minimum Gasteiger partial charge on any atom is -0.512 e. The lowest BCUT2D eigenvalue weighted by molar-refractivity contribution is 0.415. The van der Waals surface area contributed by atoms with E-state index >= 15 is 0 Å². The number of hydrogen-bond acceptors (Lipinski definition) is 5. The Hall–Kier alpha value is -3.18. The van der Waals surface area contributed by atoms with Gasteiger partial charge in [0.25, 0.3) is 0 Å². The first-order chi connectivity index (χ1) is 14.4. The second-order valence-electron chi connectivity index (χ2n) is 7.55. The van der Waals surface area contributed by atoms with Crippen LogP contribution < -0.4 is 11.1 Å². The average molecular weight is 403 g/mol. The SMILES string of the molecule is CC/C(=C(/C)O)c1ccc(C(N)c2ccc(C)nc2)c(NC(C)c2ccccn2)c1. The molecule has 5 nitrogen and oxygen atoms in total. The van der Waals surface area contributed by atoms with E-state index in [2.05, 4.69) is 28.3 Å². The van der Waals surface area contributed by atoms with Crippen LogP contribution in [0.15, 0.2) is 66.7 Å². The number of aryl methyl sites for hydroxylation is 1. The summed E-state index contributed by atoms with van der Waals surface area (Å²) in [5.74, 6) is 0.334. The zero-order valence-electron chi connectivity index (χ0n) is 18.1. The standard InChI is InChI=1S/C25H30N4O/c1-5-21(18(4)30)19-11-12-22(25(26)20-10-9-16(2)28-15-20)24(14-19)29-17(3)23-8-6-7-13-27-23/h6-15,17,25,29-30H,5,26H2,1-4H3/b21-18+. The number of hydrogen-bond donors (Lipinski definition) is 3. The van der Waals surface area contributed by atoms with Gasteiger partial charge in [-0.1, -0.05) is 31.2 Å². The molecule has 2 unspecified atom stereocenters. The molecule has 0 saturated heterocycles. The van der Waals surface area contributed by atoms with E-state index in [-0.39, 0.29) is 12.1 Å². The maximum atomic E-state index is 10.1. The minimum absolute atomic E-state index is 0.00665. The summed E-state index contributed by atoms with van der Waals surface area (Å²) in [7, 11) is 0. The summed E-state index contributed by atoms with van der Waals surface area (Å²) < 4.78 is 0. The van der Waals surface area contributed by atoms with Crippen LogP contribution in [0.1, 0.15) is 67.4 Å². The molecule has 4 N–H and O–H groups in total. The summed E-state index contributed by atoms with van der Waals surface area (Å²) in [5, 5.41) is 13.7. The first kappa shape index (κ1) is 21.5. The van der Waals surface area contributed by atoms with Gasteiger partial charge in [0.1, 0.15) is 0 Å². The van der Waals surface area contributed by atoms with Crippen LogP contribution in [0.4, 0.5) is 5.69 Å². The van der Waals surface area contributed by atoms with Crippen LogP contribution >= 0.6 is 0 Å². The van der Waals surface area contributed by atoms with Crippen LogP contribution in [0, 0.1) is 6.92 Å². The minimum atomic E-state index is -0.324.